The van der Waals surface area contributed by atoms with Gasteiger partial charge in [0.15, 0.2) is 5.82 Å². The summed E-state index contributed by atoms with van der Waals surface area (Å²) < 4.78 is 6.69. The fraction of sp³-hybridized carbons (Fsp3) is 0.750. The minimum atomic E-state index is -0.621. The number of carbonyl (C=O) groups is 2. The summed E-state index contributed by atoms with van der Waals surface area (Å²) in [6.07, 6.45) is 4.29. The molecule has 2 rings (SSSR count). The van der Waals surface area contributed by atoms with Gasteiger partial charge in [-0.1, -0.05) is 20.3 Å². The van der Waals surface area contributed by atoms with Gasteiger partial charge in [-0.3, -0.25) is 4.79 Å². The molecule has 0 fully saturated rings. The van der Waals surface area contributed by atoms with Crippen LogP contribution in [0.25, 0.3) is 0 Å². The first-order valence-corrected chi connectivity index (χ1v) is 8.54. The second kappa shape index (κ2) is 8.65. The Morgan fingerprint density at radius 3 is 2.75 bits per heavy atom. The highest BCUT2D eigenvalue weighted by molar-refractivity contribution is 5.85. The molecule has 0 radical (unpaired) electrons. The Morgan fingerprint density at radius 1 is 1.25 bits per heavy atom. The van der Waals surface area contributed by atoms with Gasteiger partial charge >= 0.3 is 6.09 Å². The molecule has 24 heavy (non-hydrogen) atoms. The monoisotopic (exact) mass is 337 g/mol. The molecule has 0 spiro atoms. The SMILES string of the molecule is COC(=O)NC(CC(C)C)C(=O)NCc1nnc2n1CCCCC2. The zero-order chi connectivity index (χ0) is 17.5. The van der Waals surface area contributed by atoms with Crippen LogP contribution in [0.5, 0.6) is 0 Å². The van der Waals surface area contributed by atoms with Crippen molar-refractivity contribution in [2.24, 2.45) is 5.92 Å². The van der Waals surface area contributed by atoms with Crippen molar-refractivity contribution in [1.29, 1.82) is 0 Å². The van der Waals surface area contributed by atoms with E-state index in [1.54, 1.807) is 0 Å². The zero-order valence-corrected chi connectivity index (χ0v) is 14.7. The number of ether oxygens (including phenoxy) is 1. The number of rotatable bonds is 6. The molecule has 0 bridgehead atoms. The van der Waals surface area contributed by atoms with Gasteiger partial charge in [-0.05, 0) is 25.2 Å². The van der Waals surface area contributed by atoms with Crippen LogP contribution in [0.4, 0.5) is 4.79 Å². The van der Waals surface area contributed by atoms with E-state index in [9.17, 15) is 9.59 Å². The highest BCUT2D eigenvalue weighted by Gasteiger charge is 2.23. The maximum Gasteiger partial charge on any atom is 0.407 e. The number of nitrogens with zero attached hydrogens (tertiary/aromatic N) is 3. The van der Waals surface area contributed by atoms with E-state index in [0.29, 0.717) is 13.0 Å². The number of hydrogen-bond donors (Lipinski definition) is 2. The van der Waals surface area contributed by atoms with Gasteiger partial charge in [0.1, 0.15) is 11.9 Å². The van der Waals surface area contributed by atoms with Crippen molar-refractivity contribution in [3.8, 4) is 0 Å². The lowest BCUT2D eigenvalue weighted by Crippen LogP contribution is -2.47. The van der Waals surface area contributed by atoms with Crippen molar-refractivity contribution < 1.29 is 14.3 Å². The Bertz CT molecular complexity index is 570. The van der Waals surface area contributed by atoms with Crippen LogP contribution in [-0.2, 0) is 29.0 Å². The minimum Gasteiger partial charge on any atom is -0.453 e. The predicted molar refractivity (Wildman–Crippen MR) is 88.2 cm³/mol. The van der Waals surface area contributed by atoms with Crippen LogP contribution in [0.3, 0.4) is 0 Å². The number of aromatic nitrogens is 3. The van der Waals surface area contributed by atoms with Crippen molar-refractivity contribution in [2.45, 2.75) is 65.1 Å². The van der Waals surface area contributed by atoms with Crippen LogP contribution in [0, 0.1) is 5.92 Å². The third-order valence-electron chi connectivity index (χ3n) is 4.11. The molecule has 0 aromatic carbocycles. The maximum atomic E-state index is 12.4. The van der Waals surface area contributed by atoms with Gasteiger partial charge in [0.25, 0.3) is 0 Å². The number of carbonyl (C=O) groups excluding carboxylic acids is 2. The molecule has 1 aromatic rings. The number of fused-ring (bicyclic) bond motifs is 1. The minimum absolute atomic E-state index is 0.236. The van der Waals surface area contributed by atoms with E-state index in [4.69, 9.17) is 0 Å². The van der Waals surface area contributed by atoms with Crippen LogP contribution in [0.15, 0.2) is 0 Å². The van der Waals surface area contributed by atoms with Crippen LogP contribution in [-0.4, -0.2) is 39.9 Å². The molecule has 2 N–H and O–H groups in total. The first kappa shape index (κ1) is 18.2. The number of amides is 2. The van der Waals surface area contributed by atoms with E-state index in [-0.39, 0.29) is 11.8 Å². The first-order chi connectivity index (χ1) is 11.5. The van der Waals surface area contributed by atoms with Gasteiger partial charge in [0.2, 0.25) is 5.91 Å². The molecule has 1 aliphatic heterocycles. The van der Waals surface area contributed by atoms with Gasteiger partial charge in [-0.25, -0.2) is 4.79 Å². The van der Waals surface area contributed by atoms with Gasteiger partial charge in [-0.15, -0.1) is 10.2 Å². The normalized spacial score (nSPS) is 15.3. The van der Waals surface area contributed by atoms with Crippen molar-refractivity contribution >= 4 is 12.0 Å². The van der Waals surface area contributed by atoms with Crippen molar-refractivity contribution in [2.75, 3.05) is 7.11 Å². The van der Waals surface area contributed by atoms with Crippen molar-refractivity contribution in [3.05, 3.63) is 11.6 Å². The Labute approximate surface area is 142 Å². The fourth-order valence-corrected chi connectivity index (χ4v) is 2.87. The van der Waals surface area contributed by atoms with Crippen LogP contribution < -0.4 is 10.6 Å². The Balaban J connectivity index is 1.97. The van der Waals surface area contributed by atoms with E-state index in [1.165, 1.54) is 13.5 Å². The molecular formula is C16H27N5O3. The molecule has 134 valence electrons. The maximum absolute atomic E-state index is 12.4. The Hall–Kier alpha value is -2.12. The third-order valence-corrected chi connectivity index (χ3v) is 4.11. The average molecular weight is 337 g/mol. The predicted octanol–water partition coefficient (Wildman–Crippen LogP) is 1.39. The van der Waals surface area contributed by atoms with E-state index >= 15 is 0 Å². The van der Waals surface area contributed by atoms with Crippen molar-refractivity contribution in [3.63, 3.8) is 0 Å². The number of methoxy groups -OCH3 is 1. The molecule has 2 amide bonds. The second-order valence-electron chi connectivity index (χ2n) is 6.53. The molecule has 0 aliphatic carbocycles. The topological polar surface area (TPSA) is 98.1 Å². The summed E-state index contributed by atoms with van der Waals surface area (Å²) in [5.74, 6) is 1.78. The molecule has 8 heteroatoms. The highest BCUT2D eigenvalue weighted by atomic mass is 16.5. The largest absolute Gasteiger partial charge is 0.453 e. The standard InChI is InChI=1S/C16H27N5O3/c1-11(2)9-12(18-16(23)24-3)15(22)17-10-14-20-19-13-7-5-4-6-8-21(13)14/h11-12H,4-10H2,1-3H3,(H,17,22)(H,18,23). The summed E-state index contributed by atoms with van der Waals surface area (Å²) in [5.41, 5.74) is 0. The van der Waals surface area contributed by atoms with Gasteiger partial charge in [-0.2, -0.15) is 0 Å². The number of alkyl carbamates (subject to hydrolysis) is 1. The molecule has 8 nitrogen and oxygen atoms in total. The third kappa shape index (κ3) is 4.94. The lowest BCUT2D eigenvalue weighted by atomic mass is 10.0. The van der Waals surface area contributed by atoms with Gasteiger partial charge < -0.3 is 19.9 Å². The summed E-state index contributed by atoms with van der Waals surface area (Å²) >= 11 is 0. The number of nitrogens with one attached hydrogen (secondary N) is 2. The zero-order valence-electron chi connectivity index (χ0n) is 14.7. The van der Waals surface area contributed by atoms with Gasteiger partial charge in [0.05, 0.1) is 13.7 Å². The van der Waals surface area contributed by atoms with Crippen LogP contribution >= 0.6 is 0 Å². The molecule has 2 heterocycles. The summed E-state index contributed by atoms with van der Waals surface area (Å²) in [6, 6.07) is -0.621. The van der Waals surface area contributed by atoms with Crippen LogP contribution in [0.1, 0.15) is 51.2 Å². The Kier molecular flexibility index (Phi) is 6.57. The fourth-order valence-electron chi connectivity index (χ4n) is 2.87. The van der Waals surface area contributed by atoms with E-state index in [0.717, 1.165) is 37.5 Å². The molecule has 0 saturated carbocycles. The highest BCUT2D eigenvalue weighted by Crippen LogP contribution is 2.14. The smallest absolute Gasteiger partial charge is 0.407 e. The van der Waals surface area contributed by atoms with Crippen LogP contribution in [0.2, 0.25) is 0 Å². The Morgan fingerprint density at radius 2 is 2.04 bits per heavy atom. The molecule has 1 unspecified atom stereocenters. The quantitative estimate of drug-likeness (QED) is 0.817. The van der Waals surface area contributed by atoms with E-state index in [2.05, 4.69) is 30.1 Å². The number of aryl methyl sites for hydroxylation is 1. The molecular weight excluding hydrogens is 310 g/mol. The van der Waals surface area contributed by atoms with Crippen molar-refractivity contribution in [1.82, 2.24) is 25.4 Å². The molecule has 1 atom stereocenters. The summed E-state index contributed by atoms with van der Waals surface area (Å²) in [6.45, 7) is 5.20. The average Bonchev–Trinajstić information content (AvgIpc) is 2.78. The lowest BCUT2D eigenvalue weighted by molar-refractivity contribution is -0.123. The first-order valence-electron chi connectivity index (χ1n) is 8.54. The summed E-state index contributed by atoms with van der Waals surface area (Å²) in [4.78, 5) is 23.9. The molecule has 1 aliphatic rings. The summed E-state index contributed by atoms with van der Waals surface area (Å²) in [7, 11) is 1.28. The summed E-state index contributed by atoms with van der Waals surface area (Å²) in [5, 5.41) is 13.9. The number of hydrogen-bond acceptors (Lipinski definition) is 5. The second-order valence-corrected chi connectivity index (χ2v) is 6.53. The van der Waals surface area contributed by atoms with E-state index < -0.39 is 12.1 Å². The van der Waals surface area contributed by atoms with Gasteiger partial charge in [0, 0.05) is 13.0 Å². The lowest BCUT2D eigenvalue weighted by Gasteiger charge is -2.19. The molecule has 0 saturated heterocycles. The molecule has 1 aromatic heterocycles. The van der Waals surface area contributed by atoms with E-state index in [1.807, 2.05) is 13.8 Å².